The fourth-order valence-electron chi connectivity index (χ4n) is 3.30. The fraction of sp³-hybridized carbons (Fsp3) is 0.524. The normalized spacial score (nSPS) is 14.3. The zero-order chi connectivity index (χ0) is 19.1. The highest BCUT2D eigenvalue weighted by Crippen LogP contribution is 2.27. The van der Waals surface area contributed by atoms with Crippen LogP contribution in [0, 0.1) is 0 Å². The summed E-state index contributed by atoms with van der Waals surface area (Å²) in [5.74, 6) is 0.849. The molecular weight excluding hydrogens is 358 g/mol. The van der Waals surface area contributed by atoms with Gasteiger partial charge in [0.15, 0.2) is 0 Å². The Labute approximate surface area is 165 Å². The maximum atomic E-state index is 12.1. The first-order valence-electron chi connectivity index (χ1n) is 9.90. The van der Waals surface area contributed by atoms with Gasteiger partial charge in [0.05, 0.1) is 23.4 Å². The second kappa shape index (κ2) is 9.74. The molecule has 1 atom stereocenters. The van der Waals surface area contributed by atoms with Gasteiger partial charge in [0.25, 0.3) is 0 Å². The number of amides is 2. The number of hydrogen-bond donors (Lipinski definition) is 2. The lowest BCUT2D eigenvalue weighted by Crippen LogP contribution is -2.37. The predicted molar refractivity (Wildman–Crippen MR) is 110 cm³/mol. The first kappa shape index (κ1) is 19.7. The van der Waals surface area contributed by atoms with E-state index in [1.54, 1.807) is 0 Å². The minimum atomic E-state index is -0.130. The van der Waals surface area contributed by atoms with Gasteiger partial charge in [-0.1, -0.05) is 12.1 Å². The molecule has 0 aliphatic heterocycles. The van der Waals surface area contributed by atoms with Gasteiger partial charge in [-0.25, -0.2) is 9.78 Å². The fourth-order valence-corrected chi connectivity index (χ4v) is 4.50. The summed E-state index contributed by atoms with van der Waals surface area (Å²) in [6, 6.07) is 7.66. The van der Waals surface area contributed by atoms with E-state index < -0.39 is 0 Å². The van der Waals surface area contributed by atoms with Crippen molar-refractivity contribution < 1.29 is 9.53 Å². The number of nitrogens with zero attached hydrogens (tertiary/aromatic N) is 1. The van der Waals surface area contributed by atoms with Gasteiger partial charge in [0, 0.05) is 17.8 Å². The molecule has 27 heavy (non-hydrogen) atoms. The molecule has 0 fully saturated rings. The molecular formula is C21H29N3O2S. The van der Waals surface area contributed by atoms with Crippen LogP contribution in [0.1, 0.15) is 60.3 Å². The molecule has 1 aromatic carbocycles. The Morgan fingerprint density at radius 3 is 2.78 bits per heavy atom. The number of thiazole rings is 1. The molecule has 1 unspecified atom stereocenters. The SMILES string of the molecule is CCOc1ccc(C(C)NC(=O)NCCCc2nc3c(s2)CCCC3)cc1. The highest BCUT2D eigenvalue weighted by molar-refractivity contribution is 7.11. The molecule has 146 valence electrons. The third-order valence-electron chi connectivity index (χ3n) is 4.78. The van der Waals surface area contributed by atoms with E-state index in [0.717, 1.165) is 30.6 Å². The summed E-state index contributed by atoms with van der Waals surface area (Å²) in [4.78, 5) is 18.3. The first-order chi connectivity index (χ1) is 13.2. The van der Waals surface area contributed by atoms with E-state index in [9.17, 15) is 4.79 Å². The molecule has 0 radical (unpaired) electrons. The quantitative estimate of drug-likeness (QED) is 0.659. The van der Waals surface area contributed by atoms with Crippen molar-refractivity contribution in [1.29, 1.82) is 0 Å². The highest BCUT2D eigenvalue weighted by atomic mass is 32.1. The van der Waals surface area contributed by atoms with E-state index in [2.05, 4.69) is 10.6 Å². The lowest BCUT2D eigenvalue weighted by atomic mass is 10.0. The van der Waals surface area contributed by atoms with Gasteiger partial charge in [-0.05, 0) is 63.6 Å². The maximum absolute atomic E-state index is 12.1. The van der Waals surface area contributed by atoms with Crippen molar-refractivity contribution in [3.05, 3.63) is 45.4 Å². The number of ether oxygens (including phenoxy) is 1. The van der Waals surface area contributed by atoms with Crippen LogP contribution < -0.4 is 15.4 Å². The van der Waals surface area contributed by atoms with E-state index >= 15 is 0 Å². The number of aromatic nitrogens is 1. The Balaban J connectivity index is 1.37. The third-order valence-corrected chi connectivity index (χ3v) is 6.00. The van der Waals surface area contributed by atoms with Gasteiger partial charge in [-0.3, -0.25) is 0 Å². The van der Waals surface area contributed by atoms with Crippen molar-refractivity contribution in [3.8, 4) is 5.75 Å². The summed E-state index contributed by atoms with van der Waals surface area (Å²) >= 11 is 1.86. The Morgan fingerprint density at radius 1 is 1.26 bits per heavy atom. The van der Waals surface area contributed by atoms with Crippen LogP contribution in [-0.2, 0) is 19.3 Å². The van der Waals surface area contributed by atoms with Gasteiger partial charge in [-0.15, -0.1) is 11.3 Å². The summed E-state index contributed by atoms with van der Waals surface area (Å²) < 4.78 is 5.45. The van der Waals surface area contributed by atoms with Crippen molar-refractivity contribution in [2.75, 3.05) is 13.2 Å². The zero-order valence-corrected chi connectivity index (χ0v) is 17.0. The number of carbonyl (C=O) groups is 1. The molecule has 3 rings (SSSR count). The topological polar surface area (TPSA) is 63.2 Å². The zero-order valence-electron chi connectivity index (χ0n) is 16.2. The molecule has 2 amide bonds. The van der Waals surface area contributed by atoms with Crippen molar-refractivity contribution in [2.24, 2.45) is 0 Å². The summed E-state index contributed by atoms with van der Waals surface area (Å²) in [7, 11) is 0. The van der Waals surface area contributed by atoms with Crippen LogP contribution in [-0.4, -0.2) is 24.2 Å². The lowest BCUT2D eigenvalue weighted by Gasteiger charge is -2.15. The number of carbonyl (C=O) groups excluding carboxylic acids is 1. The summed E-state index contributed by atoms with van der Waals surface area (Å²) in [6.45, 7) is 5.26. The standard InChI is InChI=1S/C21H29N3O2S/c1-3-26-17-12-10-16(11-13-17)15(2)23-21(25)22-14-6-9-20-24-18-7-4-5-8-19(18)27-20/h10-13,15H,3-9,14H2,1-2H3,(H2,22,23,25). The van der Waals surface area contributed by atoms with Gasteiger partial charge in [0.1, 0.15) is 5.75 Å². The molecule has 2 aromatic rings. The Hall–Kier alpha value is -2.08. The number of hydrogen-bond acceptors (Lipinski definition) is 4. The monoisotopic (exact) mass is 387 g/mol. The molecule has 5 nitrogen and oxygen atoms in total. The second-order valence-electron chi connectivity index (χ2n) is 6.91. The average Bonchev–Trinajstić information content (AvgIpc) is 3.09. The minimum absolute atomic E-state index is 0.0497. The summed E-state index contributed by atoms with van der Waals surface area (Å²) in [5, 5.41) is 7.15. The molecule has 1 aliphatic carbocycles. The second-order valence-corrected chi connectivity index (χ2v) is 8.08. The van der Waals surface area contributed by atoms with Gasteiger partial charge in [-0.2, -0.15) is 0 Å². The number of fused-ring (bicyclic) bond motifs is 1. The molecule has 1 aromatic heterocycles. The first-order valence-corrected chi connectivity index (χ1v) is 10.7. The number of nitrogens with one attached hydrogen (secondary N) is 2. The van der Waals surface area contributed by atoms with Gasteiger partial charge in [0.2, 0.25) is 0 Å². The van der Waals surface area contributed by atoms with E-state index in [1.165, 1.54) is 34.8 Å². The molecule has 6 heteroatoms. The van der Waals surface area contributed by atoms with Crippen molar-refractivity contribution in [2.45, 2.75) is 58.4 Å². The van der Waals surface area contributed by atoms with Crippen LogP contribution >= 0.6 is 11.3 Å². The lowest BCUT2D eigenvalue weighted by molar-refractivity contribution is 0.238. The molecule has 1 aliphatic rings. The maximum Gasteiger partial charge on any atom is 0.315 e. The largest absolute Gasteiger partial charge is 0.494 e. The minimum Gasteiger partial charge on any atom is -0.494 e. The number of aryl methyl sites for hydroxylation is 3. The molecule has 1 heterocycles. The molecule has 0 saturated carbocycles. The van der Waals surface area contributed by atoms with E-state index in [-0.39, 0.29) is 12.1 Å². The van der Waals surface area contributed by atoms with Crippen molar-refractivity contribution in [3.63, 3.8) is 0 Å². The molecule has 0 spiro atoms. The van der Waals surface area contributed by atoms with Crippen LogP contribution in [0.2, 0.25) is 0 Å². The third kappa shape index (κ3) is 5.70. The molecule has 0 saturated heterocycles. The van der Waals surface area contributed by atoms with Crippen molar-refractivity contribution >= 4 is 17.4 Å². The van der Waals surface area contributed by atoms with Crippen LogP contribution in [0.25, 0.3) is 0 Å². The molecule has 0 bridgehead atoms. The predicted octanol–water partition coefficient (Wildman–Crippen LogP) is 4.41. The van der Waals surface area contributed by atoms with Crippen LogP contribution in [0.3, 0.4) is 0 Å². The average molecular weight is 388 g/mol. The van der Waals surface area contributed by atoms with Crippen molar-refractivity contribution in [1.82, 2.24) is 15.6 Å². The smallest absolute Gasteiger partial charge is 0.315 e. The molecule has 2 N–H and O–H groups in total. The van der Waals surface area contributed by atoms with E-state index in [1.807, 2.05) is 49.4 Å². The van der Waals surface area contributed by atoms with Gasteiger partial charge >= 0.3 is 6.03 Å². The van der Waals surface area contributed by atoms with E-state index in [4.69, 9.17) is 9.72 Å². The summed E-state index contributed by atoms with van der Waals surface area (Å²) in [6.07, 6.45) is 6.74. The Bertz CT molecular complexity index is 719. The Kier molecular flexibility index (Phi) is 7.10. The summed E-state index contributed by atoms with van der Waals surface area (Å²) in [5.41, 5.74) is 2.37. The Morgan fingerprint density at radius 2 is 2.04 bits per heavy atom. The van der Waals surface area contributed by atoms with Gasteiger partial charge < -0.3 is 15.4 Å². The number of urea groups is 1. The number of benzene rings is 1. The highest BCUT2D eigenvalue weighted by Gasteiger charge is 2.15. The van der Waals surface area contributed by atoms with Crippen LogP contribution in [0.15, 0.2) is 24.3 Å². The van der Waals surface area contributed by atoms with Crippen LogP contribution in [0.5, 0.6) is 5.75 Å². The number of rotatable bonds is 8. The van der Waals surface area contributed by atoms with Crippen LogP contribution in [0.4, 0.5) is 4.79 Å². The van der Waals surface area contributed by atoms with E-state index in [0.29, 0.717) is 13.2 Å².